The zero-order valence-corrected chi connectivity index (χ0v) is 11.6. The molecule has 1 saturated heterocycles. The van der Waals surface area contributed by atoms with Crippen molar-refractivity contribution in [3.05, 3.63) is 23.8 Å². The Kier molecular flexibility index (Phi) is 3.78. The van der Waals surface area contributed by atoms with E-state index in [4.69, 9.17) is 9.47 Å². The van der Waals surface area contributed by atoms with Gasteiger partial charge >= 0.3 is 0 Å². The molecule has 0 bridgehead atoms. The second-order valence-electron chi connectivity index (χ2n) is 4.94. The summed E-state index contributed by atoms with van der Waals surface area (Å²) >= 11 is 0. The molecule has 4 nitrogen and oxygen atoms in total. The van der Waals surface area contributed by atoms with Gasteiger partial charge in [0.1, 0.15) is 11.5 Å². The van der Waals surface area contributed by atoms with Crippen LogP contribution in [0, 0.1) is 0 Å². The highest BCUT2D eigenvalue weighted by Crippen LogP contribution is 2.37. The van der Waals surface area contributed by atoms with Crippen molar-refractivity contribution in [2.24, 2.45) is 0 Å². The first kappa shape index (κ1) is 13.2. The third kappa shape index (κ3) is 2.18. The van der Waals surface area contributed by atoms with Crippen molar-refractivity contribution in [2.45, 2.75) is 12.5 Å². The molecule has 1 fully saturated rings. The highest BCUT2D eigenvalue weighted by molar-refractivity contribution is 5.45. The van der Waals surface area contributed by atoms with Gasteiger partial charge in [0, 0.05) is 25.2 Å². The van der Waals surface area contributed by atoms with E-state index >= 15 is 0 Å². The smallest absolute Gasteiger partial charge is 0.124 e. The summed E-state index contributed by atoms with van der Waals surface area (Å²) in [5.74, 6) is 1.78. The number of benzene rings is 1. The number of piperazine rings is 1. The van der Waals surface area contributed by atoms with Crippen LogP contribution in [0.4, 0.5) is 0 Å². The molecular formula is C14H22N2O2. The first-order chi connectivity index (χ1) is 8.61. The lowest BCUT2D eigenvalue weighted by molar-refractivity contribution is 0.101. The van der Waals surface area contributed by atoms with Gasteiger partial charge in [-0.05, 0) is 32.2 Å². The summed E-state index contributed by atoms with van der Waals surface area (Å²) in [6.07, 6.45) is 0. The molecule has 1 unspecified atom stereocenters. The topological polar surface area (TPSA) is 33.7 Å². The van der Waals surface area contributed by atoms with E-state index in [1.54, 1.807) is 14.2 Å². The van der Waals surface area contributed by atoms with E-state index in [9.17, 15) is 0 Å². The monoisotopic (exact) mass is 250 g/mol. The number of hydrogen-bond acceptors (Lipinski definition) is 4. The summed E-state index contributed by atoms with van der Waals surface area (Å²) < 4.78 is 10.8. The van der Waals surface area contributed by atoms with Gasteiger partial charge in [0.05, 0.1) is 19.8 Å². The zero-order chi connectivity index (χ0) is 13.2. The van der Waals surface area contributed by atoms with Crippen LogP contribution in [0.2, 0.25) is 0 Å². The molecule has 0 amide bonds. The van der Waals surface area contributed by atoms with Crippen molar-refractivity contribution >= 4 is 0 Å². The van der Waals surface area contributed by atoms with Crippen LogP contribution in [-0.2, 0) is 5.54 Å². The highest BCUT2D eigenvalue weighted by atomic mass is 16.5. The minimum atomic E-state index is -0.0713. The number of methoxy groups -OCH3 is 2. The van der Waals surface area contributed by atoms with Gasteiger partial charge in [0.2, 0.25) is 0 Å². The molecule has 0 radical (unpaired) electrons. The molecule has 1 aliphatic rings. The Labute approximate surface area is 109 Å². The molecule has 1 heterocycles. The van der Waals surface area contributed by atoms with E-state index in [1.807, 2.05) is 12.1 Å². The first-order valence-electron chi connectivity index (χ1n) is 6.26. The molecule has 1 N–H and O–H groups in total. The van der Waals surface area contributed by atoms with Crippen molar-refractivity contribution < 1.29 is 9.47 Å². The van der Waals surface area contributed by atoms with E-state index < -0.39 is 0 Å². The van der Waals surface area contributed by atoms with Gasteiger partial charge in [0.15, 0.2) is 0 Å². The van der Waals surface area contributed by atoms with Crippen molar-refractivity contribution in [3.63, 3.8) is 0 Å². The Morgan fingerprint density at radius 3 is 2.67 bits per heavy atom. The fraction of sp³-hybridized carbons (Fsp3) is 0.571. The summed E-state index contributed by atoms with van der Waals surface area (Å²) in [6, 6.07) is 5.98. The lowest BCUT2D eigenvalue weighted by atomic mass is 9.87. The molecular weight excluding hydrogens is 228 g/mol. The molecule has 1 aromatic carbocycles. The van der Waals surface area contributed by atoms with Crippen LogP contribution in [-0.4, -0.2) is 45.8 Å². The average Bonchev–Trinajstić information content (AvgIpc) is 2.41. The van der Waals surface area contributed by atoms with E-state index in [0.717, 1.165) is 31.1 Å². The van der Waals surface area contributed by atoms with Crippen LogP contribution < -0.4 is 14.8 Å². The van der Waals surface area contributed by atoms with Gasteiger partial charge in [-0.1, -0.05) is 0 Å². The Hall–Kier alpha value is -1.26. The summed E-state index contributed by atoms with van der Waals surface area (Å²) in [4.78, 5) is 2.36. The lowest BCUT2D eigenvalue weighted by Crippen LogP contribution is -2.55. The molecule has 2 rings (SSSR count). The maximum Gasteiger partial charge on any atom is 0.124 e. The molecule has 1 aromatic rings. The molecule has 1 aliphatic heterocycles. The number of likely N-dealkylation sites (N-methyl/N-ethyl adjacent to an activating group) is 1. The predicted octanol–water partition coefficient (Wildman–Crippen LogP) is 1.45. The Morgan fingerprint density at radius 1 is 1.28 bits per heavy atom. The molecule has 1 atom stereocenters. The van der Waals surface area contributed by atoms with Gasteiger partial charge in [0.25, 0.3) is 0 Å². The Balaban J connectivity index is 2.46. The molecule has 100 valence electrons. The van der Waals surface area contributed by atoms with Crippen molar-refractivity contribution in [1.29, 1.82) is 0 Å². The molecule has 0 aliphatic carbocycles. The van der Waals surface area contributed by atoms with Crippen LogP contribution in [0.15, 0.2) is 18.2 Å². The van der Waals surface area contributed by atoms with Crippen LogP contribution >= 0.6 is 0 Å². The fourth-order valence-corrected chi connectivity index (χ4v) is 2.50. The number of ether oxygens (including phenoxy) is 2. The summed E-state index contributed by atoms with van der Waals surface area (Å²) in [5, 5.41) is 3.45. The van der Waals surface area contributed by atoms with E-state index in [1.165, 1.54) is 5.56 Å². The van der Waals surface area contributed by atoms with Crippen LogP contribution in [0.1, 0.15) is 12.5 Å². The van der Waals surface area contributed by atoms with E-state index in [2.05, 4.69) is 30.3 Å². The maximum absolute atomic E-state index is 5.50. The number of nitrogens with zero attached hydrogens (tertiary/aromatic N) is 1. The van der Waals surface area contributed by atoms with E-state index in [0.29, 0.717) is 0 Å². The Bertz CT molecular complexity index is 422. The molecule has 18 heavy (non-hydrogen) atoms. The van der Waals surface area contributed by atoms with Gasteiger partial charge in [-0.3, -0.25) is 4.90 Å². The third-order valence-corrected chi connectivity index (χ3v) is 3.92. The largest absolute Gasteiger partial charge is 0.497 e. The fourth-order valence-electron chi connectivity index (χ4n) is 2.50. The van der Waals surface area contributed by atoms with Crippen LogP contribution in [0.3, 0.4) is 0 Å². The van der Waals surface area contributed by atoms with Crippen molar-refractivity contribution in [3.8, 4) is 11.5 Å². The molecule has 0 spiro atoms. The summed E-state index contributed by atoms with van der Waals surface area (Å²) in [7, 11) is 5.56. The van der Waals surface area contributed by atoms with Gasteiger partial charge in [-0.15, -0.1) is 0 Å². The average molecular weight is 250 g/mol. The second-order valence-corrected chi connectivity index (χ2v) is 4.94. The van der Waals surface area contributed by atoms with Crippen LogP contribution in [0.25, 0.3) is 0 Å². The standard InChI is InChI=1S/C14H22N2O2/c1-14(10-15-7-8-16(14)2)12-9-11(17-3)5-6-13(12)18-4/h5-6,9,15H,7-8,10H2,1-4H3. The number of nitrogens with one attached hydrogen (secondary N) is 1. The third-order valence-electron chi connectivity index (χ3n) is 3.92. The summed E-state index contributed by atoms with van der Waals surface area (Å²) in [6.45, 7) is 5.19. The SMILES string of the molecule is COc1ccc(OC)c(C2(C)CNCCN2C)c1. The van der Waals surface area contributed by atoms with E-state index in [-0.39, 0.29) is 5.54 Å². The Morgan fingerprint density at radius 2 is 2.06 bits per heavy atom. The first-order valence-corrected chi connectivity index (χ1v) is 6.26. The predicted molar refractivity (Wildman–Crippen MR) is 72.4 cm³/mol. The minimum Gasteiger partial charge on any atom is -0.497 e. The van der Waals surface area contributed by atoms with Gasteiger partial charge in [-0.25, -0.2) is 0 Å². The highest BCUT2D eigenvalue weighted by Gasteiger charge is 2.36. The number of hydrogen-bond donors (Lipinski definition) is 1. The normalized spacial score (nSPS) is 24.9. The molecule has 0 aromatic heterocycles. The quantitative estimate of drug-likeness (QED) is 0.880. The van der Waals surface area contributed by atoms with Crippen molar-refractivity contribution in [1.82, 2.24) is 10.2 Å². The maximum atomic E-state index is 5.50. The van der Waals surface area contributed by atoms with Gasteiger partial charge < -0.3 is 14.8 Å². The summed E-state index contributed by atoms with van der Waals surface area (Å²) in [5.41, 5.74) is 1.09. The number of rotatable bonds is 3. The van der Waals surface area contributed by atoms with Crippen molar-refractivity contribution in [2.75, 3.05) is 40.9 Å². The lowest BCUT2D eigenvalue weighted by Gasteiger charge is -2.44. The second kappa shape index (κ2) is 5.16. The molecule has 4 heteroatoms. The molecule has 0 saturated carbocycles. The van der Waals surface area contributed by atoms with Crippen LogP contribution in [0.5, 0.6) is 11.5 Å². The van der Waals surface area contributed by atoms with Gasteiger partial charge in [-0.2, -0.15) is 0 Å². The zero-order valence-electron chi connectivity index (χ0n) is 11.6. The minimum absolute atomic E-state index is 0.0713.